The van der Waals surface area contributed by atoms with E-state index in [1.807, 2.05) is 0 Å². The predicted molar refractivity (Wildman–Crippen MR) is 55.4 cm³/mol. The van der Waals surface area contributed by atoms with Crippen molar-refractivity contribution in [3.8, 4) is 0 Å². The molecule has 2 N–H and O–H groups in total. The summed E-state index contributed by atoms with van der Waals surface area (Å²) in [7, 11) is -4.37. The molecule has 5 nitrogen and oxygen atoms in total. The van der Waals surface area contributed by atoms with Crippen molar-refractivity contribution < 1.29 is 23.6 Å². The number of hydrogen-bond acceptors (Lipinski definition) is 3. The van der Waals surface area contributed by atoms with Gasteiger partial charge in [-0.05, 0) is 19.8 Å². The SMILES string of the molecule is CC(COC1CCCCC1)OP(=O)(O)O. The molecule has 90 valence electrons. The summed E-state index contributed by atoms with van der Waals surface area (Å²) < 4.78 is 20.5. The van der Waals surface area contributed by atoms with Gasteiger partial charge in [-0.2, -0.15) is 0 Å². The zero-order valence-corrected chi connectivity index (χ0v) is 9.86. The van der Waals surface area contributed by atoms with E-state index in [1.54, 1.807) is 6.92 Å². The third kappa shape index (κ3) is 6.28. The summed E-state index contributed by atoms with van der Waals surface area (Å²) in [5, 5.41) is 0. The smallest absolute Gasteiger partial charge is 0.376 e. The first-order valence-electron chi connectivity index (χ1n) is 5.33. The topological polar surface area (TPSA) is 76.0 Å². The van der Waals surface area contributed by atoms with Crippen LogP contribution in [0.1, 0.15) is 39.0 Å². The molecule has 1 aliphatic rings. The minimum Gasteiger partial charge on any atom is -0.376 e. The lowest BCUT2D eigenvalue weighted by Crippen LogP contribution is -2.23. The first-order chi connectivity index (χ1) is 6.97. The Kier molecular flexibility index (Phi) is 5.23. The van der Waals surface area contributed by atoms with E-state index >= 15 is 0 Å². The molecule has 15 heavy (non-hydrogen) atoms. The van der Waals surface area contributed by atoms with Crippen LogP contribution in [0.3, 0.4) is 0 Å². The number of phosphoric acid groups is 1. The maximum absolute atomic E-state index is 10.5. The van der Waals surface area contributed by atoms with E-state index in [0.717, 1.165) is 12.8 Å². The molecule has 6 heteroatoms. The highest BCUT2D eigenvalue weighted by molar-refractivity contribution is 7.46. The average Bonchev–Trinajstić information content (AvgIpc) is 2.14. The summed E-state index contributed by atoms with van der Waals surface area (Å²) >= 11 is 0. The lowest BCUT2D eigenvalue weighted by atomic mass is 9.98. The Morgan fingerprint density at radius 1 is 1.33 bits per heavy atom. The molecule has 1 aliphatic carbocycles. The third-order valence-electron chi connectivity index (χ3n) is 2.44. The molecule has 0 aromatic rings. The van der Waals surface area contributed by atoms with Crippen LogP contribution in [0.25, 0.3) is 0 Å². The zero-order chi connectivity index (χ0) is 11.3. The van der Waals surface area contributed by atoms with Gasteiger partial charge in [-0.25, -0.2) is 4.57 Å². The van der Waals surface area contributed by atoms with Gasteiger partial charge in [0.1, 0.15) is 0 Å². The molecule has 1 fully saturated rings. The highest BCUT2D eigenvalue weighted by atomic mass is 31.2. The zero-order valence-electron chi connectivity index (χ0n) is 8.96. The second kappa shape index (κ2) is 5.97. The Hall–Kier alpha value is 0.0700. The summed E-state index contributed by atoms with van der Waals surface area (Å²) in [6, 6.07) is 0. The molecule has 0 aromatic heterocycles. The molecule has 0 saturated heterocycles. The van der Waals surface area contributed by atoms with E-state index in [4.69, 9.17) is 14.5 Å². The van der Waals surface area contributed by atoms with Gasteiger partial charge in [-0.15, -0.1) is 0 Å². The fraction of sp³-hybridized carbons (Fsp3) is 1.00. The van der Waals surface area contributed by atoms with Gasteiger partial charge in [0, 0.05) is 0 Å². The lowest BCUT2D eigenvalue weighted by Gasteiger charge is -2.23. The first kappa shape index (κ1) is 13.1. The van der Waals surface area contributed by atoms with E-state index in [2.05, 4.69) is 4.52 Å². The van der Waals surface area contributed by atoms with Crippen LogP contribution in [0, 0.1) is 0 Å². The number of ether oxygens (including phenoxy) is 1. The molecule has 0 amide bonds. The summed E-state index contributed by atoms with van der Waals surface area (Å²) in [5.41, 5.74) is 0. The van der Waals surface area contributed by atoms with Crippen LogP contribution in [0.15, 0.2) is 0 Å². The predicted octanol–water partition coefficient (Wildman–Crippen LogP) is 1.83. The van der Waals surface area contributed by atoms with Crippen molar-refractivity contribution in [3.05, 3.63) is 0 Å². The van der Waals surface area contributed by atoms with Crippen LogP contribution in [0.2, 0.25) is 0 Å². The normalized spacial score (nSPS) is 21.5. The summed E-state index contributed by atoms with van der Waals surface area (Å²) in [4.78, 5) is 17.1. The molecule has 0 aliphatic heterocycles. The molecule has 0 radical (unpaired) electrons. The minimum atomic E-state index is -4.37. The van der Waals surface area contributed by atoms with Crippen molar-refractivity contribution in [2.75, 3.05) is 6.61 Å². The van der Waals surface area contributed by atoms with Crippen molar-refractivity contribution in [3.63, 3.8) is 0 Å². The van der Waals surface area contributed by atoms with Gasteiger partial charge in [-0.3, -0.25) is 4.52 Å². The highest BCUT2D eigenvalue weighted by Gasteiger charge is 2.20. The van der Waals surface area contributed by atoms with Crippen molar-refractivity contribution in [1.82, 2.24) is 0 Å². The van der Waals surface area contributed by atoms with E-state index in [9.17, 15) is 4.57 Å². The first-order valence-corrected chi connectivity index (χ1v) is 6.86. The molecule has 0 aromatic carbocycles. The molecule has 1 saturated carbocycles. The fourth-order valence-corrected chi connectivity index (χ4v) is 2.30. The largest absolute Gasteiger partial charge is 0.469 e. The molecule has 0 spiro atoms. The number of rotatable bonds is 5. The quantitative estimate of drug-likeness (QED) is 0.714. The van der Waals surface area contributed by atoms with Gasteiger partial charge in [0.15, 0.2) is 0 Å². The maximum atomic E-state index is 10.5. The van der Waals surface area contributed by atoms with Gasteiger partial charge < -0.3 is 14.5 Å². The van der Waals surface area contributed by atoms with Crippen molar-refractivity contribution in [2.45, 2.75) is 51.2 Å². The van der Waals surface area contributed by atoms with E-state index < -0.39 is 13.9 Å². The highest BCUT2D eigenvalue weighted by Crippen LogP contribution is 2.37. The third-order valence-corrected chi connectivity index (χ3v) is 3.07. The summed E-state index contributed by atoms with van der Waals surface area (Å²) in [5.74, 6) is 0. The lowest BCUT2D eigenvalue weighted by molar-refractivity contribution is -0.0176. The van der Waals surface area contributed by atoms with Crippen molar-refractivity contribution in [2.24, 2.45) is 0 Å². The van der Waals surface area contributed by atoms with Gasteiger partial charge in [-0.1, -0.05) is 19.3 Å². The van der Waals surface area contributed by atoms with Gasteiger partial charge >= 0.3 is 7.82 Å². The average molecular weight is 238 g/mol. The Bertz CT molecular complexity index is 221. The number of phosphoric ester groups is 1. The van der Waals surface area contributed by atoms with E-state index in [0.29, 0.717) is 0 Å². The second-order valence-electron chi connectivity index (χ2n) is 4.00. The monoisotopic (exact) mass is 238 g/mol. The van der Waals surface area contributed by atoms with Crippen LogP contribution >= 0.6 is 7.82 Å². The van der Waals surface area contributed by atoms with Gasteiger partial charge in [0.2, 0.25) is 0 Å². The summed E-state index contributed by atoms with van der Waals surface area (Å²) in [6.45, 7) is 1.84. The maximum Gasteiger partial charge on any atom is 0.469 e. The Labute approximate surface area is 90.0 Å². The van der Waals surface area contributed by atoms with Gasteiger partial charge in [0.25, 0.3) is 0 Å². The molecule has 1 rings (SSSR count). The van der Waals surface area contributed by atoms with Crippen LogP contribution in [-0.4, -0.2) is 28.6 Å². The van der Waals surface area contributed by atoms with Gasteiger partial charge in [0.05, 0.1) is 18.8 Å². The molecule has 1 unspecified atom stereocenters. The van der Waals surface area contributed by atoms with E-state index in [1.165, 1.54) is 19.3 Å². The standard InChI is InChI=1S/C9H19O5P/c1-8(14-15(10,11)12)7-13-9-5-3-2-4-6-9/h8-9H,2-7H2,1H3,(H2,10,11,12). The van der Waals surface area contributed by atoms with Crippen molar-refractivity contribution in [1.29, 1.82) is 0 Å². The molecular weight excluding hydrogens is 219 g/mol. The van der Waals surface area contributed by atoms with Crippen LogP contribution in [0.5, 0.6) is 0 Å². The summed E-state index contributed by atoms with van der Waals surface area (Å²) in [6.07, 6.45) is 5.38. The second-order valence-corrected chi connectivity index (χ2v) is 5.19. The van der Waals surface area contributed by atoms with Crippen LogP contribution < -0.4 is 0 Å². The van der Waals surface area contributed by atoms with Crippen LogP contribution in [-0.2, 0) is 13.8 Å². The Morgan fingerprint density at radius 3 is 2.47 bits per heavy atom. The molecule has 0 bridgehead atoms. The molecular formula is C9H19O5P. The fourth-order valence-electron chi connectivity index (χ4n) is 1.77. The molecule has 0 heterocycles. The van der Waals surface area contributed by atoms with E-state index in [-0.39, 0.29) is 12.7 Å². The minimum absolute atomic E-state index is 0.238. The molecule has 1 atom stereocenters. The van der Waals surface area contributed by atoms with Crippen LogP contribution in [0.4, 0.5) is 0 Å². The number of hydrogen-bond donors (Lipinski definition) is 2. The Balaban J connectivity index is 2.15. The Morgan fingerprint density at radius 2 is 1.93 bits per heavy atom. The van der Waals surface area contributed by atoms with Crippen molar-refractivity contribution >= 4 is 7.82 Å².